The maximum Gasteiger partial charge on any atom is 0.325 e. The highest BCUT2D eigenvalue weighted by molar-refractivity contribution is 5.81. The van der Waals surface area contributed by atoms with Crippen LogP contribution in [0.3, 0.4) is 0 Å². The molecule has 24 heavy (non-hydrogen) atoms. The van der Waals surface area contributed by atoms with E-state index in [0.29, 0.717) is 11.3 Å². The molecule has 0 aliphatic heterocycles. The molecule has 0 saturated heterocycles. The van der Waals surface area contributed by atoms with Crippen LogP contribution in [0.1, 0.15) is 6.92 Å². The van der Waals surface area contributed by atoms with Crippen molar-refractivity contribution in [3.05, 3.63) is 52.6 Å². The second-order valence-electron chi connectivity index (χ2n) is 4.80. The normalized spacial score (nSPS) is 10.2. The van der Waals surface area contributed by atoms with E-state index in [1.54, 1.807) is 6.92 Å². The topological polar surface area (TPSA) is 90.3 Å². The SMILES string of the molecule is CCOC(=O)CNC(=O)Cn1nc(-c2ccc(F)cc2)ccc1=O. The van der Waals surface area contributed by atoms with E-state index in [2.05, 4.69) is 15.2 Å². The molecule has 0 unspecified atom stereocenters. The molecule has 7 nitrogen and oxygen atoms in total. The minimum absolute atomic E-state index is 0.218. The van der Waals surface area contributed by atoms with Gasteiger partial charge in [0.25, 0.3) is 5.56 Å². The number of halogens is 1. The van der Waals surface area contributed by atoms with Gasteiger partial charge in [0.1, 0.15) is 18.9 Å². The van der Waals surface area contributed by atoms with Crippen LogP contribution in [-0.4, -0.2) is 34.8 Å². The summed E-state index contributed by atoms with van der Waals surface area (Å²) in [5.74, 6) is -1.49. The van der Waals surface area contributed by atoms with Crippen LogP contribution in [0.25, 0.3) is 11.3 Å². The molecule has 0 aliphatic carbocycles. The smallest absolute Gasteiger partial charge is 0.325 e. The van der Waals surface area contributed by atoms with Gasteiger partial charge in [-0.25, -0.2) is 9.07 Å². The maximum atomic E-state index is 13.0. The zero-order valence-corrected chi connectivity index (χ0v) is 13.0. The Bertz CT molecular complexity index is 787. The Kier molecular flexibility index (Phi) is 5.78. The van der Waals surface area contributed by atoms with Gasteiger partial charge in [-0.1, -0.05) is 0 Å². The Labute approximate surface area is 137 Å². The third-order valence-corrected chi connectivity index (χ3v) is 3.04. The van der Waals surface area contributed by atoms with E-state index in [4.69, 9.17) is 0 Å². The van der Waals surface area contributed by atoms with Crippen LogP contribution in [-0.2, 0) is 20.9 Å². The molecule has 1 N–H and O–H groups in total. The fourth-order valence-corrected chi connectivity index (χ4v) is 1.91. The molecule has 1 heterocycles. The predicted octanol–water partition coefficient (Wildman–Crippen LogP) is 0.729. The Balaban J connectivity index is 2.08. The summed E-state index contributed by atoms with van der Waals surface area (Å²) in [5, 5.41) is 6.43. The largest absolute Gasteiger partial charge is 0.465 e. The molecular formula is C16H16FN3O4. The van der Waals surface area contributed by atoms with E-state index in [1.807, 2.05) is 0 Å². The van der Waals surface area contributed by atoms with Crippen LogP contribution >= 0.6 is 0 Å². The third kappa shape index (κ3) is 4.73. The molecule has 1 aromatic carbocycles. The molecule has 0 saturated carbocycles. The number of rotatable bonds is 6. The van der Waals surface area contributed by atoms with E-state index in [0.717, 1.165) is 4.68 Å². The van der Waals surface area contributed by atoms with Crippen LogP contribution in [0, 0.1) is 5.82 Å². The highest BCUT2D eigenvalue weighted by Crippen LogP contribution is 2.15. The molecular weight excluding hydrogens is 317 g/mol. The molecule has 1 aromatic heterocycles. The summed E-state index contributed by atoms with van der Waals surface area (Å²) in [5.41, 5.74) is 0.567. The van der Waals surface area contributed by atoms with Gasteiger partial charge in [-0.2, -0.15) is 5.10 Å². The first-order valence-electron chi connectivity index (χ1n) is 7.26. The number of esters is 1. The Morgan fingerprint density at radius 3 is 2.58 bits per heavy atom. The van der Waals surface area contributed by atoms with Crippen molar-refractivity contribution in [2.24, 2.45) is 0 Å². The van der Waals surface area contributed by atoms with Gasteiger partial charge in [0, 0.05) is 11.6 Å². The van der Waals surface area contributed by atoms with Gasteiger partial charge in [0.05, 0.1) is 12.3 Å². The number of nitrogens with one attached hydrogen (secondary N) is 1. The molecule has 0 bridgehead atoms. The summed E-state index contributed by atoms with van der Waals surface area (Å²) in [6.07, 6.45) is 0. The Morgan fingerprint density at radius 2 is 1.92 bits per heavy atom. The van der Waals surface area contributed by atoms with Crippen LogP contribution in [0.2, 0.25) is 0 Å². The summed E-state index contributed by atoms with van der Waals surface area (Å²) < 4.78 is 18.6. The molecule has 0 atom stereocenters. The van der Waals surface area contributed by atoms with E-state index >= 15 is 0 Å². The fraction of sp³-hybridized carbons (Fsp3) is 0.250. The van der Waals surface area contributed by atoms with Crippen molar-refractivity contribution < 1.29 is 18.7 Å². The number of ether oxygens (including phenoxy) is 1. The molecule has 2 aromatic rings. The van der Waals surface area contributed by atoms with Crippen molar-refractivity contribution in [3.63, 3.8) is 0 Å². The highest BCUT2D eigenvalue weighted by Gasteiger charge is 2.10. The van der Waals surface area contributed by atoms with Gasteiger partial charge >= 0.3 is 5.97 Å². The van der Waals surface area contributed by atoms with Crippen LogP contribution < -0.4 is 10.9 Å². The first-order chi connectivity index (χ1) is 11.5. The van der Waals surface area contributed by atoms with E-state index in [9.17, 15) is 18.8 Å². The number of carbonyl (C=O) groups is 2. The fourth-order valence-electron chi connectivity index (χ4n) is 1.91. The third-order valence-electron chi connectivity index (χ3n) is 3.04. The molecule has 0 spiro atoms. The Hall–Kier alpha value is -3.03. The highest BCUT2D eigenvalue weighted by atomic mass is 19.1. The lowest BCUT2D eigenvalue weighted by atomic mass is 10.1. The van der Waals surface area contributed by atoms with Crippen LogP contribution in [0.5, 0.6) is 0 Å². The minimum Gasteiger partial charge on any atom is -0.465 e. The van der Waals surface area contributed by atoms with Gasteiger partial charge in [0.15, 0.2) is 0 Å². The molecule has 8 heteroatoms. The second-order valence-corrected chi connectivity index (χ2v) is 4.80. The van der Waals surface area contributed by atoms with Gasteiger partial charge in [-0.15, -0.1) is 0 Å². The predicted molar refractivity (Wildman–Crippen MR) is 83.5 cm³/mol. The number of carbonyl (C=O) groups excluding carboxylic acids is 2. The van der Waals surface area contributed by atoms with Crippen molar-refractivity contribution in [1.29, 1.82) is 0 Å². The first kappa shape index (κ1) is 17.3. The average molecular weight is 333 g/mol. The van der Waals surface area contributed by atoms with Crippen molar-refractivity contribution in [2.75, 3.05) is 13.2 Å². The standard InChI is InChI=1S/C16H16FN3O4/c1-2-24-16(23)9-18-14(21)10-20-15(22)8-7-13(19-20)11-3-5-12(17)6-4-11/h3-8H,2,9-10H2,1H3,(H,18,21). The van der Waals surface area contributed by atoms with Gasteiger partial charge < -0.3 is 10.1 Å². The average Bonchev–Trinajstić information content (AvgIpc) is 2.56. The van der Waals surface area contributed by atoms with E-state index < -0.39 is 17.4 Å². The number of aromatic nitrogens is 2. The lowest BCUT2D eigenvalue weighted by Crippen LogP contribution is -2.36. The van der Waals surface area contributed by atoms with E-state index in [-0.39, 0.29) is 25.5 Å². The number of hydrogen-bond acceptors (Lipinski definition) is 5. The second kappa shape index (κ2) is 8.00. The number of amides is 1. The Morgan fingerprint density at radius 1 is 1.21 bits per heavy atom. The van der Waals surface area contributed by atoms with E-state index in [1.165, 1.54) is 36.4 Å². The molecule has 0 fully saturated rings. The van der Waals surface area contributed by atoms with Crippen LogP contribution in [0.15, 0.2) is 41.2 Å². The van der Waals surface area contributed by atoms with Crippen LogP contribution in [0.4, 0.5) is 4.39 Å². The maximum absolute atomic E-state index is 13.0. The van der Waals surface area contributed by atoms with Crippen molar-refractivity contribution >= 4 is 11.9 Å². The number of benzene rings is 1. The van der Waals surface area contributed by atoms with Crippen molar-refractivity contribution in [3.8, 4) is 11.3 Å². The summed E-state index contributed by atoms with van der Waals surface area (Å²) in [6, 6.07) is 8.35. The summed E-state index contributed by atoms with van der Waals surface area (Å²) in [7, 11) is 0. The lowest BCUT2D eigenvalue weighted by molar-refractivity contribution is -0.143. The molecule has 2 rings (SSSR count). The monoisotopic (exact) mass is 333 g/mol. The zero-order valence-electron chi connectivity index (χ0n) is 13.0. The lowest BCUT2D eigenvalue weighted by Gasteiger charge is -2.08. The summed E-state index contributed by atoms with van der Waals surface area (Å²) >= 11 is 0. The van der Waals surface area contributed by atoms with Crippen molar-refractivity contribution in [2.45, 2.75) is 13.5 Å². The van der Waals surface area contributed by atoms with Gasteiger partial charge in [-0.05, 0) is 37.3 Å². The first-order valence-corrected chi connectivity index (χ1v) is 7.26. The molecule has 0 radical (unpaired) electrons. The summed E-state index contributed by atoms with van der Waals surface area (Å²) in [4.78, 5) is 34.8. The number of nitrogens with zero attached hydrogens (tertiary/aromatic N) is 2. The van der Waals surface area contributed by atoms with Gasteiger partial charge in [0.2, 0.25) is 5.91 Å². The number of hydrogen-bond donors (Lipinski definition) is 1. The summed E-state index contributed by atoms with van der Waals surface area (Å²) in [6.45, 7) is 1.26. The molecule has 126 valence electrons. The van der Waals surface area contributed by atoms with Gasteiger partial charge in [-0.3, -0.25) is 14.4 Å². The quantitative estimate of drug-likeness (QED) is 0.787. The molecule has 1 amide bonds. The zero-order chi connectivity index (χ0) is 17.5. The minimum atomic E-state index is -0.564. The molecule has 0 aliphatic rings. The van der Waals surface area contributed by atoms with Crippen molar-refractivity contribution in [1.82, 2.24) is 15.1 Å².